The maximum Gasteiger partial charge on any atom is 0.257 e. The van der Waals surface area contributed by atoms with Crippen molar-refractivity contribution in [1.82, 2.24) is 9.80 Å². The van der Waals surface area contributed by atoms with Crippen molar-refractivity contribution in [3.63, 3.8) is 0 Å². The van der Waals surface area contributed by atoms with Crippen LogP contribution in [0.3, 0.4) is 0 Å². The molecule has 1 saturated carbocycles. The zero-order valence-electron chi connectivity index (χ0n) is 24.1. The average Bonchev–Trinajstić information content (AvgIpc) is 3.51. The lowest BCUT2D eigenvalue weighted by Gasteiger charge is -2.37. The summed E-state index contributed by atoms with van der Waals surface area (Å²) in [7, 11) is 4.91. The van der Waals surface area contributed by atoms with Gasteiger partial charge in [-0.1, -0.05) is 25.8 Å². The molecule has 0 unspecified atom stereocenters. The quantitative estimate of drug-likeness (QED) is 0.589. The number of fused-ring (bicyclic) bond motifs is 1. The first-order chi connectivity index (χ1) is 19.2. The predicted molar refractivity (Wildman–Crippen MR) is 153 cm³/mol. The van der Waals surface area contributed by atoms with Crippen LogP contribution < -0.4 is 14.8 Å². The van der Waals surface area contributed by atoms with E-state index < -0.39 is 0 Å². The zero-order valence-corrected chi connectivity index (χ0v) is 24.1. The fourth-order valence-electron chi connectivity index (χ4n) is 5.54. The molecule has 3 atom stereocenters. The number of ether oxygens (including phenoxy) is 3. The van der Waals surface area contributed by atoms with Crippen LogP contribution in [0.25, 0.3) is 0 Å². The smallest absolute Gasteiger partial charge is 0.257 e. The van der Waals surface area contributed by atoms with Gasteiger partial charge in [-0.3, -0.25) is 14.4 Å². The van der Waals surface area contributed by atoms with Gasteiger partial charge >= 0.3 is 0 Å². The third kappa shape index (κ3) is 6.75. The molecule has 2 aromatic rings. The highest BCUT2D eigenvalue weighted by molar-refractivity contribution is 6.05. The van der Waals surface area contributed by atoms with Gasteiger partial charge in [-0.25, -0.2) is 0 Å². The molecule has 2 aliphatic rings. The highest BCUT2D eigenvalue weighted by atomic mass is 16.5. The van der Waals surface area contributed by atoms with Gasteiger partial charge in [0.15, 0.2) is 0 Å². The van der Waals surface area contributed by atoms with Crippen molar-refractivity contribution in [2.24, 2.45) is 11.8 Å². The predicted octanol–water partition coefficient (Wildman–Crippen LogP) is 4.47. The van der Waals surface area contributed by atoms with Crippen molar-refractivity contribution in [2.75, 3.05) is 46.3 Å². The third-order valence-corrected chi connectivity index (χ3v) is 8.02. The Balaban J connectivity index is 1.62. The normalized spacial score (nSPS) is 22.5. The van der Waals surface area contributed by atoms with Crippen molar-refractivity contribution in [3.05, 3.63) is 53.6 Å². The van der Waals surface area contributed by atoms with E-state index in [2.05, 4.69) is 12.2 Å². The van der Waals surface area contributed by atoms with E-state index in [1.807, 2.05) is 11.8 Å². The molecule has 216 valence electrons. The van der Waals surface area contributed by atoms with E-state index in [1.165, 1.54) is 0 Å². The fourth-order valence-corrected chi connectivity index (χ4v) is 5.54. The van der Waals surface area contributed by atoms with Crippen molar-refractivity contribution >= 4 is 23.4 Å². The molecule has 9 nitrogen and oxygen atoms in total. The molecule has 1 fully saturated rings. The standard InChI is InChI=1S/C31H41N3O6/c1-20-17-34(30(36)22-9-6-7-10-22)21(2)19-40-27-14-13-24(16-26(27)31(37)33(3)18-28(20)39-5)32-29(35)23-11-8-12-25(15-23)38-4/h8,11-16,20-22,28H,6-7,9-10,17-19H2,1-5H3,(H,32,35)/t20-,21+,28+/m0/s1. The third-order valence-electron chi connectivity index (χ3n) is 8.02. The minimum Gasteiger partial charge on any atom is -0.497 e. The van der Waals surface area contributed by atoms with E-state index in [9.17, 15) is 14.4 Å². The second kappa shape index (κ2) is 13.2. The highest BCUT2D eigenvalue weighted by Crippen LogP contribution is 2.30. The number of carbonyl (C=O) groups excluding carboxylic acids is 3. The molecule has 3 amide bonds. The maximum atomic E-state index is 13.6. The molecular formula is C31H41N3O6. The Morgan fingerprint density at radius 2 is 1.77 bits per heavy atom. The molecule has 0 radical (unpaired) electrons. The number of methoxy groups -OCH3 is 2. The van der Waals surface area contributed by atoms with Crippen LogP contribution in [-0.4, -0.2) is 80.6 Å². The molecule has 1 aliphatic heterocycles. The lowest BCUT2D eigenvalue weighted by molar-refractivity contribution is -0.139. The number of hydrogen-bond donors (Lipinski definition) is 1. The van der Waals surface area contributed by atoms with Crippen LogP contribution in [-0.2, 0) is 9.53 Å². The number of amides is 3. The highest BCUT2D eigenvalue weighted by Gasteiger charge is 2.34. The summed E-state index contributed by atoms with van der Waals surface area (Å²) in [6.45, 7) is 5.16. The number of nitrogens with zero attached hydrogens (tertiary/aromatic N) is 2. The minimum atomic E-state index is -0.323. The molecule has 0 spiro atoms. The van der Waals surface area contributed by atoms with Crippen molar-refractivity contribution in [2.45, 2.75) is 51.7 Å². The van der Waals surface area contributed by atoms with E-state index in [1.54, 1.807) is 68.6 Å². The van der Waals surface area contributed by atoms with Crippen LogP contribution >= 0.6 is 0 Å². The van der Waals surface area contributed by atoms with Crippen LogP contribution in [0.5, 0.6) is 11.5 Å². The number of nitrogens with one attached hydrogen (secondary N) is 1. The van der Waals surface area contributed by atoms with Gasteiger partial charge in [-0.15, -0.1) is 0 Å². The van der Waals surface area contributed by atoms with Crippen LogP contribution in [0.15, 0.2) is 42.5 Å². The molecule has 0 saturated heterocycles. The van der Waals surface area contributed by atoms with Gasteiger partial charge in [0.2, 0.25) is 5.91 Å². The van der Waals surface area contributed by atoms with Gasteiger partial charge in [0, 0.05) is 50.3 Å². The topological polar surface area (TPSA) is 97.4 Å². The first-order valence-corrected chi connectivity index (χ1v) is 14.0. The molecule has 2 aromatic carbocycles. The van der Waals surface area contributed by atoms with Crippen LogP contribution in [0.1, 0.15) is 60.2 Å². The summed E-state index contributed by atoms with van der Waals surface area (Å²) in [6.07, 6.45) is 3.76. The summed E-state index contributed by atoms with van der Waals surface area (Å²) in [4.78, 5) is 43.7. The van der Waals surface area contributed by atoms with Crippen LogP contribution in [0.4, 0.5) is 5.69 Å². The fraction of sp³-hybridized carbons (Fsp3) is 0.516. The van der Waals surface area contributed by atoms with Crippen molar-refractivity contribution in [1.29, 1.82) is 0 Å². The number of rotatable bonds is 5. The molecular weight excluding hydrogens is 510 g/mol. The van der Waals surface area contributed by atoms with E-state index in [0.29, 0.717) is 41.4 Å². The Morgan fingerprint density at radius 3 is 2.48 bits per heavy atom. The van der Waals surface area contributed by atoms with Crippen LogP contribution in [0.2, 0.25) is 0 Å². The molecule has 9 heteroatoms. The Kier molecular flexibility index (Phi) is 9.68. The number of hydrogen-bond acceptors (Lipinski definition) is 6. The molecule has 1 aliphatic carbocycles. The van der Waals surface area contributed by atoms with Gasteiger partial charge in [-0.2, -0.15) is 0 Å². The Labute approximate surface area is 236 Å². The average molecular weight is 552 g/mol. The molecule has 0 bridgehead atoms. The summed E-state index contributed by atoms with van der Waals surface area (Å²) in [6, 6.07) is 11.7. The molecule has 0 aromatic heterocycles. The number of carbonyl (C=O) groups is 3. The van der Waals surface area contributed by atoms with Gasteiger partial charge in [-0.05, 0) is 56.2 Å². The van der Waals surface area contributed by atoms with Gasteiger partial charge in [0.05, 0.1) is 24.8 Å². The van der Waals surface area contributed by atoms with E-state index in [4.69, 9.17) is 14.2 Å². The maximum absolute atomic E-state index is 13.6. The first kappa shape index (κ1) is 29.4. The van der Waals surface area contributed by atoms with E-state index in [0.717, 1.165) is 25.7 Å². The van der Waals surface area contributed by atoms with E-state index in [-0.39, 0.29) is 48.3 Å². The van der Waals surface area contributed by atoms with Gasteiger partial charge < -0.3 is 29.3 Å². The summed E-state index contributed by atoms with van der Waals surface area (Å²) >= 11 is 0. The van der Waals surface area contributed by atoms with Gasteiger partial charge in [0.1, 0.15) is 18.1 Å². The van der Waals surface area contributed by atoms with Gasteiger partial charge in [0.25, 0.3) is 11.8 Å². The van der Waals surface area contributed by atoms with E-state index >= 15 is 0 Å². The monoisotopic (exact) mass is 551 g/mol. The first-order valence-electron chi connectivity index (χ1n) is 14.0. The molecule has 1 N–H and O–H groups in total. The summed E-state index contributed by atoms with van der Waals surface area (Å²) in [5, 5.41) is 2.87. The number of benzene rings is 2. The molecule has 40 heavy (non-hydrogen) atoms. The minimum absolute atomic E-state index is 0.000404. The largest absolute Gasteiger partial charge is 0.497 e. The second-order valence-corrected chi connectivity index (χ2v) is 11.0. The van der Waals surface area contributed by atoms with Crippen molar-refractivity contribution in [3.8, 4) is 11.5 Å². The lowest BCUT2D eigenvalue weighted by atomic mass is 9.99. The number of anilines is 1. The number of likely N-dealkylation sites (N-methyl/N-ethyl adjacent to an activating group) is 1. The second-order valence-electron chi connectivity index (χ2n) is 11.0. The Morgan fingerprint density at radius 1 is 1.02 bits per heavy atom. The van der Waals surface area contributed by atoms with Crippen LogP contribution in [0, 0.1) is 11.8 Å². The molecule has 1 heterocycles. The lowest BCUT2D eigenvalue weighted by Crippen LogP contribution is -2.50. The summed E-state index contributed by atoms with van der Waals surface area (Å²) in [5.41, 5.74) is 1.23. The Hall–Kier alpha value is -3.59. The summed E-state index contributed by atoms with van der Waals surface area (Å²) in [5.74, 6) is 0.639. The SMILES string of the molecule is COc1cccc(C(=O)Nc2ccc3c(c2)C(=O)N(C)C[C@@H](OC)[C@@H](C)CN(C(=O)C2CCCC2)[C@H](C)CO3)c1. The molecule has 4 rings (SSSR count). The zero-order chi connectivity index (χ0) is 28.8. The Bertz CT molecular complexity index is 1210. The summed E-state index contributed by atoms with van der Waals surface area (Å²) < 4.78 is 17.2. The van der Waals surface area contributed by atoms with Crippen molar-refractivity contribution < 1.29 is 28.6 Å².